The maximum atomic E-state index is 10.9. The molecule has 2 rings (SSSR count). The Balaban J connectivity index is 2.01. The summed E-state index contributed by atoms with van der Waals surface area (Å²) >= 11 is 6.75. The monoisotopic (exact) mass is 423 g/mol. The van der Waals surface area contributed by atoms with Gasteiger partial charge in [0.2, 0.25) is 0 Å². The summed E-state index contributed by atoms with van der Waals surface area (Å²) in [6.45, 7) is 1.00. The minimum atomic E-state index is -0.447. The lowest BCUT2D eigenvalue weighted by Gasteiger charge is -2.41. The van der Waals surface area contributed by atoms with Crippen molar-refractivity contribution >= 4 is 37.5 Å². The average Bonchev–Trinajstić information content (AvgIpc) is 2.44. The van der Waals surface area contributed by atoms with Gasteiger partial charge in [-0.1, -0.05) is 22.0 Å². The molecule has 0 saturated heterocycles. The molecular weight excluding hydrogens is 410 g/mol. The highest BCUT2D eigenvalue weighted by Gasteiger charge is 2.42. The van der Waals surface area contributed by atoms with E-state index in [-0.39, 0.29) is 22.7 Å². The van der Waals surface area contributed by atoms with E-state index in [0.29, 0.717) is 23.4 Å². The molecule has 1 aromatic rings. The second-order valence-corrected chi connectivity index (χ2v) is 6.55. The molecule has 0 N–H and O–H groups in total. The van der Waals surface area contributed by atoms with Crippen molar-refractivity contribution in [3.05, 3.63) is 32.8 Å². The van der Waals surface area contributed by atoms with Crippen LogP contribution in [0.3, 0.4) is 0 Å². The van der Waals surface area contributed by atoms with E-state index in [1.54, 1.807) is 19.2 Å². The molecule has 0 aliphatic heterocycles. The number of halogens is 2. The Bertz CT molecular complexity index is 513. The third-order valence-electron chi connectivity index (χ3n) is 3.20. The Labute approximate surface area is 139 Å². The minimum absolute atomic E-state index is 0.0148. The summed E-state index contributed by atoms with van der Waals surface area (Å²) in [5.41, 5.74) is -0.0148. The van der Waals surface area contributed by atoms with Crippen LogP contribution in [0.2, 0.25) is 0 Å². The molecule has 0 heterocycles. The second kappa shape index (κ2) is 7.53. The third-order valence-corrected chi connectivity index (χ3v) is 4.89. The van der Waals surface area contributed by atoms with E-state index < -0.39 is 4.92 Å². The molecule has 8 heteroatoms. The Morgan fingerprint density at radius 3 is 2.81 bits per heavy atom. The molecule has 3 atom stereocenters. The highest BCUT2D eigenvalue weighted by Crippen LogP contribution is 2.39. The molecule has 0 spiro atoms. The number of benzene rings is 1. The number of nitrogens with zero attached hydrogens (tertiary/aromatic N) is 1. The molecule has 1 aliphatic rings. The van der Waals surface area contributed by atoms with Crippen LogP contribution in [0.15, 0.2) is 22.7 Å². The molecule has 1 aliphatic carbocycles. The lowest BCUT2D eigenvalue weighted by atomic mass is 9.91. The number of hydrogen-bond donors (Lipinski definition) is 0. The number of ether oxygens (including phenoxy) is 3. The van der Waals surface area contributed by atoms with Crippen molar-refractivity contribution in [1.29, 1.82) is 0 Å². The molecule has 3 unspecified atom stereocenters. The van der Waals surface area contributed by atoms with Crippen molar-refractivity contribution in [3.63, 3.8) is 0 Å². The van der Waals surface area contributed by atoms with Gasteiger partial charge in [-0.05, 0) is 22.0 Å². The fourth-order valence-corrected chi connectivity index (χ4v) is 3.38. The topological polar surface area (TPSA) is 70.8 Å². The third kappa shape index (κ3) is 3.94. The zero-order valence-corrected chi connectivity index (χ0v) is 14.5. The van der Waals surface area contributed by atoms with E-state index in [1.807, 2.05) is 0 Å². The van der Waals surface area contributed by atoms with Crippen molar-refractivity contribution in [2.45, 2.75) is 23.5 Å². The summed E-state index contributed by atoms with van der Waals surface area (Å²) in [4.78, 5) is 10.7. The molecule has 0 amide bonds. The van der Waals surface area contributed by atoms with Gasteiger partial charge in [0.05, 0.1) is 18.1 Å². The van der Waals surface area contributed by atoms with Crippen molar-refractivity contribution in [2.75, 3.05) is 20.3 Å². The molecule has 21 heavy (non-hydrogen) atoms. The van der Waals surface area contributed by atoms with Gasteiger partial charge in [-0.3, -0.25) is 10.1 Å². The number of nitro groups is 1. The Kier molecular flexibility index (Phi) is 5.98. The number of nitro benzene ring substituents is 1. The van der Waals surface area contributed by atoms with Gasteiger partial charge in [0.15, 0.2) is 0 Å². The van der Waals surface area contributed by atoms with Crippen LogP contribution in [-0.2, 0) is 9.47 Å². The van der Waals surface area contributed by atoms with E-state index >= 15 is 0 Å². The fraction of sp³-hybridized carbons (Fsp3) is 0.538. The van der Waals surface area contributed by atoms with Crippen molar-refractivity contribution in [2.24, 2.45) is 0 Å². The van der Waals surface area contributed by atoms with Crippen LogP contribution in [0.5, 0.6) is 5.75 Å². The molecule has 116 valence electrons. The van der Waals surface area contributed by atoms with E-state index in [2.05, 4.69) is 31.9 Å². The number of hydrogen-bond acceptors (Lipinski definition) is 5. The fourth-order valence-electron chi connectivity index (χ4n) is 2.02. The summed E-state index contributed by atoms with van der Waals surface area (Å²) in [7, 11) is 1.62. The first-order chi connectivity index (χ1) is 10.0. The predicted octanol–water partition coefficient (Wildman–Crippen LogP) is 3.30. The summed E-state index contributed by atoms with van der Waals surface area (Å²) in [5, 5.41) is 10.9. The normalized spacial score (nSPS) is 24.4. The summed E-state index contributed by atoms with van der Waals surface area (Å²) < 4.78 is 16.8. The number of alkyl halides is 1. The average molecular weight is 425 g/mol. The van der Waals surface area contributed by atoms with Gasteiger partial charge in [0.25, 0.3) is 5.69 Å². The zero-order valence-electron chi connectivity index (χ0n) is 11.3. The SMILES string of the molecule is COCCOC1C(Br)CC1Oc1cccc([N+](=O)[O-])c1Br. The Morgan fingerprint density at radius 2 is 2.19 bits per heavy atom. The number of methoxy groups -OCH3 is 1. The van der Waals surface area contributed by atoms with Gasteiger partial charge < -0.3 is 14.2 Å². The van der Waals surface area contributed by atoms with E-state index in [9.17, 15) is 10.1 Å². The van der Waals surface area contributed by atoms with Gasteiger partial charge in [-0.15, -0.1) is 0 Å². The first-order valence-corrected chi connectivity index (χ1v) is 8.09. The van der Waals surface area contributed by atoms with E-state index in [1.165, 1.54) is 6.07 Å². The molecule has 6 nitrogen and oxygen atoms in total. The highest BCUT2D eigenvalue weighted by atomic mass is 79.9. The standard InChI is InChI=1S/C13H15Br2NO5/c1-19-5-6-20-13-8(14)7-11(13)21-10-4-2-3-9(12(10)15)16(17)18/h2-4,8,11,13H,5-7H2,1H3. The van der Waals surface area contributed by atoms with Crippen molar-refractivity contribution in [1.82, 2.24) is 0 Å². The quantitative estimate of drug-likeness (QED) is 0.290. The summed E-state index contributed by atoms with van der Waals surface area (Å²) in [6.07, 6.45) is 0.558. The summed E-state index contributed by atoms with van der Waals surface area (Å²) in [5.74, 6) is 0.453. The van der Waals surface area contributed by atoms with Gasteiger partial charge in [-0.25, -0.2) is 0 Å². The van der Waals surface area contributed by atoms with Crippen LogP contribution in [-0.4, -0.2) is 42.3 Å². The van der Waals surface area contributed by atoms with Crippen LogP contribution < -0.4 is 4.74 Å². The van der Waals surface area contributed by atoms with Gasteiger partial charge in [0.1, 0.15) is 22.4 Å². The van der Waals surface area contributed by atoms with Crippen LogP contribution in [0, 0.1) is 10.1 Å². The van der Waals surface area contributed by atoms with Crippen molar-refractivity contribution in [3.8, 4) is 5.75 Å². The summed E-state index contributed by atoms with van der Waals surface area (Å²) in [6, 6.07) is 4.73. The number of rotatable bonds is 7. The Hall–Kier alpha value is -0.700. The molecule has 0 radical (unpaired) electrons. The first kappa shape index (κ1) is 16.7. The molecule has 0 aromatic heterocycles. The second-order valence-electron chi connectivity index (χ2n) is 4.58. The molecule has 0 bridgehead atoms. The van der Waals surface area contributed by atoms with Gasteiger partial charge in [-0.2, -0.15) is 0 Å². The lowest BCUT2D eigenvalue weighted by Crippen LogP contribution is -2.52. The largest absolute Gasteiger partial charge is 0.486 e. The Morgan fingerprint density at radius 1 is 1.43 bits per heavy atom. The lowest BCUT2D eigenvalue weighted by molar-refractivity contribution is -0.385. The van der Waals surface area contributed by atoms with E-state index in [4.69, 9.17) is 14.2 Å². The predicted molar refractivity (Wildman–Crippen MR) is 84.2 cm³/mol. The molecule has 1 saturated carbocycles. The van der Waals surface area contributed by atoms with Gasteiger partial charge in [0, 0.05) is 24.4 Å². The van der Waals surface area contributed by atoms with Crippen molar-refractivity contribution < 1.29 is 19.1 Å². The van der Waals surface area contributed by atoms with Crippen LogP contribution >= 0.6 is 31.9 Å². The van der Waals surface area contributed by atoms with Crippen LogP contribution in [0.4, 0.5) is 5.69 Å². The maximum Gasteiger partial charge on any atom is 0.287 e. The maximum absolute atomic E-state index is 10.9. The molecule has 1 aromatic carbocycles. The van der Waals surface area contributed by atoms with Gasteiger partial charge >= 0.3 is 0 Å². The van der Waals surface area contributed by atoms with Crippen LogP contribution in [0.25, 0.3) is 0 Å². The first-order valence-electron chi connectivity index (χ1n) is 6.38. The zero-order chi connectivity index (χ0) is 15.4. The smallest absolute Gasteiger partial charge is 0.287 e. The van der Waals surface area contributed by atoms with E-state index in [0.717, 1.165) is 6.42 Å². The molecule has 1 fully saturated rings. The molecular formula is C13H15Br2NO5. The minimum Gasteiger partial charge on any atom is -0.486 e. The highest BCUT2D eigenvalue weighted by molar-refractivity contribution is 9.10. The van der Waals surface area contributed by atoms with Crippen LogP contribution in [0.1, 0.15) is 6.42 Å².